The summed E-state index contributed by atoms with van der Waals surface area (Å²) in [4.78, 5) is 26.4. The lowest BCUT2D eigenvalue weighted by molar-refractivity contribution is -0.152. The normalized spacial score (nSPS) is 27.4. The van der Waals surface area contributed by atoms with E-state index in [1.54, 1.807) is 26.8 Å². The molecule has 0 bridgehead atoms. The van der Waals surface area contributed by atoms with Crippen molar-refractivity contribution in [2.45, 2.75) is 58.2 Å². The Hall–Kier alpha value is -3.26. The van der Waals surface area contributed by atoms with Crippen molar-refractivity contribution in [3.05, 3.63) is 71.8 Å². The van der Waals surface area contributed by atoms with Gasteiger partial charge in [-0.15, -0.1) is 0 Å². The molecule has 0 unspecified atom stereocenters. The van der Waals surface area contributed by atoms with Crippen molar-refractivity contribution in [3.63, 3.8) is 0 Å². The third-order valence-electron chi connectivity index (χ3n) is 6.50. The van der Waals surface area contributed by atoms with Gasteiger partial charge in [0, 0.05) is 13.0 Å². The molecule has 2 heterocycles. The minimum atomic E-state index is -0.877. The topological polar surface area (TPSA) is 80.3 Å². The Labute approximate surface area is 218 Å². The number of carbonyl (C=O) groups excluding carboxylic acids is 2. The van der Waals surface area contributed by atoms with Crippen LogP contribution >= 0.6 is 0 Å². The van der Waals surface area contributed by atoms with Crippen LogP contribution in [-0.4, -0.2) is 49.8 Å². The van der Waals surface area contributed by atoms with E-state index in [-0.39, 0.29) is 18.5 Å². The summed E-state index contributed by atoms with van der Waals surface area (Å²) >= 11 is 0. The van der Waals surface area contributed by atoms with E-state index in [0.29, 0.717) is 23.3 Å². The van der Waals surface area contributed by atoms with E-state index in [4.69, 9.17) is 23.7 Å². The predicted molar refractivity (Wildman–Crippen MR) is 140 cm³/mol. The number of hydrogen-bond acceptors (Lipinski definition) is 7. The van der Waals surface area contributed by atoms with Crippen LogP contribution in [0.1, 0.15) is 50.0 Å². The van der Waals surface area contributed by atoms with E-state index in [1.165, 1.54) is 13.2 Å². The van der Waals surface area contributed by atoms with Gasteiger partial charge in [-0.05, 0) is 62.1 Å². The van der Waals surface area contributed by atoms with Gasteiger partial charge in [-0.3, -0.25) is 4.79 Å². The molecule has 1 fully saturated rings. The fraction of sp³-hybridized carbons (Fsp3) is 0.400. The number of methoxy groups -OCH3 is 1. The quantitative estimate of drug-likeness (QED) is 0.396. The smallest absolute Gasteiger partial charge is 0.342 e. The van der Waals surface area contributed by atoms with Gasteiger partial charge in [0.1, 0.15) is 23.5 Å². The van der Waals surface area contributed by atoms with Gasteiger partial charge in [-0.2, -0.15) is 0 Å². The highest BCUT2D eigenvalue weighted by molar-refractivity contribution is 5.98. The number of cyclic esters (lactones) is 1. The Morgan fingerprint density at radius 1 is 1.00 bits per heavy atom. The molecule has 0 spiro atoms. The monoisotopic (exact) mass is 506 g/mol. The van der Waals surface area contributed by atoms with Crippen LogP contribution in [-0.2, 0) is 23.7 Å². The highest BCUT2D eigenvalue weighted by atomic mass is 16.8. The van der Waals surface area contributed by atoms with Crippen molar-refractivity contribution in [1.82, 2.24) is 0 Å². The minimum absolute atomic E-state index is 0.0253. The highest BCUT2D eigenvalue weighted by Gasteiger charge is 2.43. The molecular weight excluding hydrogens is 472 g/mol. The van der Waals surface area contributed by atoms with E-state index in [2.05, 4.69) is 0 Å². The van der Waals surface area contributed by atoms with Crippen molar-refractivity contribution in [2.75, 3.05) is 13.9 Å². The minimum Gasteiger partial charge on any atom is -0.467 e. The van der Waals surface area contributed by atoms with Crippen LogP contribution in [0.2, 0.25) is 0 Å². The molecule has 7 nitrogen and oxygen atoms in total. The molecule has 2 aromatic rings. The van der Waals surface area contributed by atoms with Gasteiger partial charge in [-0.1, -0.05) is 55.5 Å². The van der Waals surface area contributed by atoms with E-state index < -0.39 is 30.1 Å². The van der Waals surface area contributed by atoms with E-state index >= 15 is 0 Å². The third kappa shape index (κ3) is 6.36. The Kier molecular flexibility index (Phi) is 8.27. The molecule has 2 aliphatic heterocycles. The van der Waals surface area contributed by atoms with Crippen molar-refractivity contribution in [2.24, 2.45) is 5.92 Å². The Morgan fingerprint density at radius 3 is 2.49 bits per heavy atom. The number of hydrogen-bond donors (Lipinski definition) is 0. The lowest BCUT2D eigenvalue weighted by Gasteiger charge is -2.21. The molecule has 0 amide bonds. The first-order chi connectivity index (χ1) is 17.7. The second-order valence-corrected chi connectivity index (χ2v) is 9.82. The number of ether oxygens (including phenoxy) is 5. The Morgan fingerprint density at radius 2 is 1.76 bits per heavy atom. The van der Waals surface area contributed by atoms with Crippen molar-refractivity contribution < 1.29 is 33.3 Å². The van der Waals surface area contributed by atoms with Crippen LogP contribution in [0.5, 0.6) is 5.75 Å². The number of benzene rings is 2. The van der Waals surface area contributed by atoms with Gasteiger partial charge in [0.2, 0.25) is 0 Å². The van der Waals surface area contributed by atoms with Crippen molar-refractivity contribution in [3.8, 4) is 16.9 Å². The Bertz CT molecular complexity index is 1180. The molecule has 196 valence electrons. The van der Waals surface area contributed by atoms with Crippen molar-refractivity contribution in [1.29, 1.82) is 0 Å². The van der Waals surface area contributed by atoms with Crippen LogP contribution in [0.15, 0.2) is 60.7 Å². The van der Waals surface area contributed by atoms with Crippen LogP contribution in [0.25, 0.3) is 17.2 Å². The summed E-state index contributed by atoms with van der Waals surface area (Å²) in [6, 6.07) is 13.6. The SMILES string of the molecule is COCOc1cc(-c2ccccc2)cc2c1C(=O)O[C@@H](C)[C@H](C)/C=C\C(=O)[C@H]1OC(C)(C)O[C@H]1C/C=C/2. The fourth-order valence-electron chi connectivity index (χ4n) is 4.43. The first-order valence-corrected chi connectivity index (χ1v) is 12.5. The first-order valence-electron chi connectivity index (χ1n) is 12.5. The fourth-order valence-corrected chi connectivity index (χ4v) is 4.43. The van der Waals surface area contributed by atoms with Gasteiger partial charge in [0.15, 0.2) is 18.4 Å². The molecule has 4 rings (SSSR count). The number of carbonyl (C=O) groups is 2. The van der Waals surface area contributed by atoms with Gasteiger partial charge >= 0.3 is 5.97 Å². The van der Waals surface area contributed by atoms with Gasteiger partial charge in [-0.25, -0.2) is 4.79 Å². The third-order valence-corrected chi connectivity index (χ3v) is 6.50. The van der Waals surface area contributed by atoms with E-state index in [9.17, 15) is 9.59 Å². The molecule has 4 atom stereocenters. The maximum atomic E-state index is 13.5. The molecule has 2 aliphatic rings. The second kappa shape index (κ2) is 11.4. The van der Waals surface area contributed by atoms with E-state index in [0.717, 1.165) is 11.1 Å². The molecule has 0 aromatic heterocycles. The summed E-state index contributed by atoms with van der Waals surface area (Å²) in [5.74, 6) is -1.41. The van der Waals surface area contributed by atoms with Gasteiger partial charge < -0.3 is 23.7 Å². The van der Waals surface area contributed by atoms with Crippen LogP contribution < -0.4 is 4.74 Å². The largest absolute Gasteiger partial charge is 0.467 e. The van der Waals surface area contributed by atoms with E-state index in [1.807, 2.05) is 61.5 Å². The molecule has 0 N–H and O–H groups in total. The van der Waals surface area contributed by atoms with Gasteiger partial charge in [0.25, 0.3) is 0 Å². The second-order valence-electron chi connectivity index (χ2n) is 9.82. The average Bonchev–Trinajstić information content (AvgIpc) is 3.19. The number of esters is 1. The van der Waals surface area contributed by atoms with Crippen LogP contribution in [0.4, 0.5) is 0 Å². The zero-order valence-corrected chi connectivity index (χ0v) is 21.9. The Balaban J connectivity index is 1.82. The molecule has 0 aliphatic carbocycles. The number of rotatable bonds is 4. The number of fused-ring (bicyclic) bond motifs is 2. The molecular formula is C30H34O7. The number of ketones is 1. The summed E-state index contributed by atoms with van der Waals surface area (Å²) in [6.45, 7) is 7.26. The van der Waals surface area contributed by atoms with Crippen LogP contribution in [0, 0.1) is 5.92 Å². The summed E-state index contributed by atoms with van der Waals surface area (Å²) in [7, 11) is 1.53. The molecule has 0 radical (unpaired) electrons. The zero-order chi connectivity index (χ0) is 26.6. The molecule has 7 heteroatoms. The highest BCUT2D eigenvalue weighted by Crippen LogP contribution is 2.35. The maximum Gasteiger partial charge on any atom is 0.342 e. The van der Waals surface area contributed by atoms with Crippen LogP contribution in [0.3, 0.4) is 0 Å². The lowest BCUT2D eigenvalue weighted by atomic mass is 9.96. The average molecular weight is 507 g/mol. The van der Waals surface area contributed by atoms with Crippen molar-refractivity contribution >= 4 is 17.8 Å². The molecule has 0 saturated carbocycles. The first kappa shape index (κ1) is 26.8. The summed E-state index contributed by atoms with van der Waals surface area (Å²) < 4.78 is 28.8. The molecule has 2 aromatic carbocycles. The lowest BCUT2D eigenvalue weighted by Crippen LogP contribution is -2.30. The van der Waals surface area contributed by atoms with Gasteiger partial charge in [0.05, 0.1) is 6.10 Å². The molecule has 1 saturated heterocycles. The maximum absolute atomic E-state index is 13.5. The summed E-state index contributed by atoms with van der Waals surface area (Å²) in [6.07, 6.45) is 5.71. The standard InChI is InChI=1S/C30H34O7/c1-19-14-15-24(31)28-25(36-30(3,4)37-28)13-9-12-22-16-23(21-10-7-6-8-11-21)17-26(34-18-33-5)27(22)29(32)35-20(19)2/h6-12,14-17,19-20,25,28H,13,18H2,1-5H3/b12-9+,15-14-/t19-,20+,25+,28-/m1/s1. The zero-order valence-electron chi connectivity index (χ0n) is 21.9. The predicted octanol–water partition coefficient (Wildman–Crippen LogP) is 5.58. The summed E-state index contributed by atoms with van der Waals surface area (Å²) in [5, 5.41) is 0. The summed E-state index contributed by atoms with van der Waals surface area (Å²) in [5.41, 5.74) is 2.79. The molecule has 37 heavy (non-hydrogen) atoms.